The zero-order valence-corrected chi connectivity index (χ0v) is 11.3. The van der Waals surface area contributed by atoms with Crippen LogP contribution in [0.1, 0.15) is 25.0 Å². The molecule has 0 amide bonds. The summed E-state index contributed by atoms with van der Waals surface area (Å²) >= 11 is 0. The molecule has 2 N–H and O–H groups in total. The Morgan fingerprint density at radius 3 is 2.18 bits per heavy atom. The Balaban J connectivity index is 2.91. The van der Waals surface area contributed by atoms with Crippen LogP contribution in [-0.4, -0.2) is 20.4 Å². The minimum atomic E-state index is -2.99. The predicted molar refractivity (Wildman–Crippen MR) is 68.2 cm³/mol. The molecule has 4 nitrogen and oxygen atoms in total. The first-order valence-corrected chi connectivity index (χ1v) is 7.39. The summed E-state index contributed by atoms with van der Waals surface area (Å²) in [6, 6.07) is 7.62. The zero-order valence-electron chi connectivity index (χ0n) is 10.4. The second-order valence-electron chi connectivity index (χ2n) is 4.96. The van der Waals surface area contributed by atoms with E-state index < -0.39 is 15.3 Å². The fourth-order valence-electron chi connectivity index (χ4n) is 1.89. The molecule has 0 radical (unpaired) electrons. The maximum absolute atomic E-state index is 11.4. The summed E-state index contributed by atoms with van der Waals surface area (Å²) in [7, 11) is -2.99. The Hall–Kier alpha value is -0.910. The van der Waals surface area contributed by atoms with Gasteiger partial charge in [0.05, 0.1) is 12.4 Å². The van der Waals surface area contributed by atoms with Gasteiger partial charge in [0.2, 0.25) is 0 Å². The molecule has 5 heteroatoms. The van der Waals surface area contributed by atoms with E-state index in [0.717, 1.165) is 11.1 Å². The van der Waals surface area contributed by atoms with E-state index in [2.05, 4.69) is 4.84 Å². The van der Waals surface area contributed by atoms with Crippen molar-refractivity contribution < 1.29 is 13.3 Å². The lowest BCUT2D eigenvalue weighted by atomic mass is 9.86. The Morgan fingerprint density at radius 1 is 1.24 bits per heavy atom. The van der Waals surface area contributed by atoms with Crippen LogP contribution < -0.4 is 5.90 Å². The fraction of sp³-hybridized carbons (Fsp3) is 0.500. The van der Waals surface area contributed by atoms with Gasteiger partial charge in [0, 0.05) is 11.7 Å². The zero-order chi connectivity index (χ0) is 13.1. The lowest BCUT2D eigenvalue weighted by Crippen LogP contribution is -2.27. The first kappa shape index (κ1) is 14.2. The highest BCUT2D eigenvalue weighted by Crippen LogP contribution is 2.25. The van der Waals surface area contributed by atoms with Crippen LogP contribution in [0.25, 0.3) is 0 Å². The van der Waals surface area contributed by atoms with Crippen molar-refractivity contribution in [3.05, 3.63) is 35.4 Å². The van der Waals surface area contributed by atoms with Crippen molar-refractivity contribution in [2.75, 3.05) is 12.0 Å². The van der Waals surface area contributed by atoms with Crippen LogP contribution >= 0.6 is 0 Å². The van der Waals surface area contributed by atoms with Crippen molar-refractivity contribution in [1.29, 1.82) is 0 Å². The van der Waals surface area contributed by atoms with Gasteiger partial charge in [0.15, 0.2) is 0 Å². The summed E-state index contributed by atoms with van der Waals surface area (Å²) in [6.45, 7) is 4.19. The minimum Gasteiger partial charge on any atom is -0.300 e. The molecule has 0 saturated heterocycles. The fourth-order valence-corrected chi connectivity index (χ4v) is 3.36. The van der Waals surface area contributed by atoms with E-state index in [1.54, 1.807) is 0 Å². The number of sulfone groups is 1. The van der Waals surface area contributed by atoms with Crippen molar-refractivity contribution in [3.63, 3.8) is 0 Å². The predicted octanol–water partition coefficient (Wildman–Crippen LogP) is 1.40. The molecule has 17 heavy (non-hydrogen) atoms. The van der Waals surface area contributed by atoms with Gasteiger partial charge in [0.1, 0.15) is 9.84 Å². The lowest BCUT2D eigenvalue weighted by molar-refractivity contribution is 0.124. The SMILES string of the molecule is CC(C)(CS(C)(=O)=O)c1ccc(CON)cc1. The molecule has 0 aliphatic carbocycles. The first-order chi connectivity index (χ1) is 7.74. The third-order valence-corrected chi connectivity index (χ3v) is 3.85. The van der Waals surface area contributed by atoms with Crippen LogP contribution in [0.3, 0.4) is 0 Å². The van der Waals surface area contributed by atoms with Crippen molar-refractivity contribution in [2.24, 2.45) is 5.90 Å². The van der Waals surface area contributed by atoms with Gasteiger partial charge in [-0.2, -0.15) is 0 Å². The molecular weight excluding hydrogens is 238 g/mol. The molecule has 0 aliphatic rings. The molecule has 0 saturated carbocycles. The monoisotopic (exact) mass is 257 g/mol. The molecule has 0 heterocycles. The summed E-state index contributed by atoms with van der Waals surface area (Å²) in [5.41, 5.74) is 1.56. The summed E-state index contributed by atoms with van der Waals surface area (Å²) < 4.78 is 22.7. The minimum absolute atomic E-state index is 0.132. The topological polar surface area (TPSA) is 69.4 Å². The highest BCUT2D eigenvalue weighted by molar-refractivity contribution is 7.90. The van der Waals surface area contributed by atoms with Crippen molar-refractivity contribution >= 4 is 9.84 Å². The largest absolute Gasteiger partial charge is 0.300 e. The molecule has 96 valence electrons. The summed E-state index contributed by atoms with van der Waals surface area (Å²) in [4.78, 5) is 4.54. The van der Waals surface area contributed by atoms with Crippen LogP contribution in [-0.2, 0) is 26.7 Å². The number of rotatable bonds is 5. The van der Waals surface area contributed by atoms with Gasteiger partial charge < -0.3 is 0 Å². The van der Waals surface area contributed by atoms with E-state index in [0.29, 0.717) is 6.61 Å². The Labute approximate surface area is 103 Å². The molecule has 1 rings (SSSR count). The number of hydrogen-bond acceptors (Lipinski definition) is 4. The maximum Gasteiger partial charge on any atom is 0.148 e. The molecular formula is C12H19NO3S. The van der Waals surface area contributed by atoms with E-state index in [9.17, 15) is 8.42 Å². The normalized spacial score (nSPS) is 12.7. The van der Waals surface area contributed by atoms with Gasteiger partial charge in [-0.3, -0.25) is 4.84 Å². The van der Waals surface area contributed by atoms with Crippen molar-refractivity contribution in [3.8, 4) is 0 Å². The van der Waals surface area contributed by atoms with Gasteiger partial charge in [-0.1, -0.05) is 38.1 Å². The van der Waals surface area contributed by atoms with Gasteiger partial charge in [0.25, 0.3) is 0 Å². The smallest absolute Gasteiger partial charge is 0.148 e. The maximum atomic E-state index is 11.4. The Kier molecular flexibility index (Phi) is 4.30. The van der Waals surface area contributed by atoms with Crippen LogP contribution in [0.5, 0.6) is 0 Å². The number of hydrogen-bond donors (Lipinski definition) is 1. The van der Waals surface area contributed by atoms with Gasteiger partial charge >= 0.3 is 0 Å². The van der Waals surface area contributed by atoms with Crippen molar-refractivity contribution in [2.45, 2.75) is 25.9 Å². The molecule has 1 aromatic carbocycles. The highest BCUT2D eigenvalue weighted by Gasteiger charge is 2.25. The highest BCUT2D eigenvalue weighted by atomic mass is 32.2. The molecule has 0 fully saturated rings. The Morgan fingerprint density at radius 2 is 1.76 bits per heavy atom. The standard InChI is InChI=1S/C12H19NO3S/c1-12(2,9-17(3,14)15)11-6-4-10(5-7-11)8-16-13/h4-7H,8-9,13H2,1-3H3. The third kappa shape index (κ3) is 4.46. The van der Waals surface area contributed by atoms with E-state index in [-0.39, 0.29) is 5.75 Å². The number of benzene rings is 1. The van der Waals surface area contributed by atoms with Crippen LogP contribution in [0, 0.1) is 0 Å². The van der Waals surface area contributed by atoms with E-state index in [1.165, 1.54) is 6.26 Å². The molecule has 0 unspecified atom stereocenters. The van der Waals surface area contributed by atoms with Crippen LogP contribution in [0.4, 0.5) is 0 Å². The van der Waals surface area contributed by atoms with Gasteiger partial charge in [-0.05, 0) is 11.1 Å². The summed E-state index contributed by atoms with van der Waals surface area (Å²) in [6.07, 6.45) is 1.26. The number of nitrogens with two attached hydrogens (primary N) is 1. The van der Waals surface area contributed by atoms with Crippen LogP contribution in [0.15, 0.2) is 24.3 Å². The quantitative estimate of drug-likeness (QED) is 0.809. The molecule has 0 aliphatic heterocycles. The molecule has 1 aromatic rings. The Bertz CT molecular complexity index is 463. The molecule has 0 bridgehead atoms. The van der Waals surface area contributed by atoms with E-state index >= 15 is 0 Å². The molecule has 0 aromatic heterocycles. The molecule has 0 atom stereocenters. The van der Waals surface area contributed by atoms with Gasteiger partial charge in [-0.15, -0.1) is 0 Å². The lowest BCUT2D eigenvalue weighted by Gasteiger charge is -2.24. The average Bonchev–Trinajstić information content (AvgIpc) is 2.15. The van der Waals surface area contributed by atoms with E-state index in [4.69, 9.17) is 5.90 Å². The van der Waals surface area contributed by atoms with Crippen LogP contribution in [0.2, 0.25) is 0 Å². The van der Waals surface area contributed by atoms with Gasteiger partial charge in [-0.25, -0.2) is 14.3 Å². The summed E-state index contributed by atoms with van der Waals surface area (Å²) in [5.74, 6) is 5.12. The average molecular weight is 257 g/mol. The molecule has 0 spiro atoms. The first-order valence-electron chi connectivity index (χ1n) is 5.33. The summed E-state index contributed by atoms with van der Waals surface area (Å²) in [5, 5.41) is 0. The second-order valence-corrected chi connectivity index (χ2v) is 7.10. The van der Waals surface area contributed by atoms with Crippen molar-refractivity contribution in [1.82, 2.24) is 0 Å². The second kappa shape index (κ2) is 5.16. The van der Waals surface area contributed by atoms with E-state index in [1.807, 2.05) is 38.1 Å². The third-order valence-electron chi connectivity index (χ3n) is 2.61.